The van der Waals surface area contributed by atoms with E-state index in [1.807, 2.05) is 6.07 Å². The first-order valence-electron chi connectivity index (χ1n) is 3.93. The van der Waals surface area contributed by atoms with Crippen LogP contribution in [0.3, 0.4) is 0 Å². The van der Waals surface area contributed by atoms with Gasteiger partial charge in [0.15, 0.2) is 0 Å². The van der Waals surface area contributed by atoms with E-state index in [4.69, 9.17) is 21.6 Å². The maximum atomic E-state index is 10.3. The number of nitrogens with zero attached hydrogens (tertiary/aromatic N) is 1. The van der Waals surface area contributed by atoms with Crippen LogP contribution in [0.25, 0.3) is 0 Å². The van der Waals surface area contributed by atoms with E-state index in [2.05, 4.69) is 0 Å². The first-order chi connectivity index (χ1) is 6.72. The van der Waals surface area contributed by atoms with Gasteiger partial charge in [-0.25, -0.2) is 0 Å². The predicted octanol–water partition coefficient (Wildman–Crippen LogP) is 1.96. The molecule has 0 N–H and O–H groups in total. The molecule has 0 spiro atoms. The van der Waals surface area contributed by atoms with Crippen LogP contribution in [-0.4, -0.2) is 13.4 Å². The number of benzene rings is 1. The van der Waals surface area contributed by atoms with Crippen molar-refractivity contribution < 1.29 is 9.53 Å². The van der Waals surface area contributed by atoms with Crippen molar-refractivity contribution in [1.29, 1.82) is 5.26 Å². The minimum absolute atomic E-state index is 0.223. The van der Waals surface area contributed by atoms with Gasteiger partial charge in [-0.3, -0.25) is 0 Å². The fraction of sp³-hybridized carbons (Fsp3) is 0.200. The lowest BCUT2D eigenvalue weighted by Gasteiger charge is -2.06. The molecule has 0 atom stereocenters. The van der Waals surface area contributed by atoms with Gasteiger partial charge in [0, 0.05) is 11.4 Å². The highest BCUT2D eigenvalue weighted by Crippen LogP contribution is 2.26. The first-order valence-corrected chi connectivity index (χ1v) is 4.31. The van der Waals surface area contributed by atoms with Crippen molar-refractivity contribution in [2.24, 2.45) is 0 Å². The maximum absolute atomic E-state index is 10.3. The number of nitriles is 1. The molecule has 1 rings (SSSR count). The Labute approximate surface area is 86.9 Å². The molecule has 0 fully saturated rings. The zero-order valence-electron chi connectivity index (χ0n) is 7.58. The smallest absolute Gasteiger partial charge is 0.137 e. The molecule has 0 heterocycles. The van der Waals surface area contributed by atoms with Crippen molar-refractivity contribution >= 4 is 17.9 Å². The van der Waals surface area contributed by atoms with Crippen LogP contribution in [0.2, 0.25) is 5.02 Å². The Hall–Kier alpha value is -1.53. The van der Waals surface area contributed by atoms with Gasteiger partial charge in [0.25, 0.3) is 0 Å². The average molecular weight is 210 g/mol. The molecular formula is C10H8ClNO2. The van der Waals surface area contributed by atoms with Crippen molar-refractivity contribution in [2.45, 2.75) is 6.42 Å². The van der Waals surface area contributed by atoms with Gasteiger partial charge in [-0.05, 0) is 17.7 Å². The van der Waals surface area contributed by atoms with E-state index in [0.717, 1.165) is 6.29 Å². The van der Waals surface area contributed by atoms with Crippen LogP contribution in [0, 0.1) is 11.3 Å². The third-order valence-electron chi connectivity index (χ3n) is 1.79. The maximum Gasteiger partial charge on any atom is 0.137 e. The molecule has 0 aromatic heterocycles. The van der Waals surface area contributed by atoms with Gasteiger partial charge in [-0.15, -0.1) is 0 Å². The van der Waals surface area contributed by atoms with Gasteiger partial charge < -0.3 is 9.53 Å². The number of hydrogen-bond acceptors (Lipinski definition) is 3. The summed E-state index contributed by atoms with van der Waals surface area (Å²) in [6.45, 7) is 0. The van der Waals surface area contributed by atoms with Gasteiger partial charge in [0.05, 0.1) is 12.7 Å². The molecular weight excluding hydrogens is 202 g/mol. The number of rotatable bonds is 3. The van der Waals surface area contributed by atoms with E-state index in [1.165, 1.54) is 13.2 Å². The highest BCUT2D eigenvalue weighted by Gasteiger charge is 2.08. The van der Waals surface area contributed by atoms with Crippen LogP contribution in [0.5, 0.6) is 5.75 Å². The standard InChI is InChI=1S/C10H8ClNO2/c1-14-10-5-7(2-3-13)9(11)4-8(10)6-12/h3-5H,2H2,1H3. The predicted molar refractivity (Wildman–Crippen MR) is 52.5 cm³/mol. The molecule has 72 valence electrons. The number of ether oxygens (including phenoxy) is 1. The number of hydrogen-bond donors (Lipinski definition) is 0. The molecule has 0 aliphatic heterocycles. The molecule has 0 aliphatic rings. The van der Waals surface area contributed by atoms with Gasteiger partial charge in [0.1, 0.15) is 18.1 Å². The van der Waals surface area contributed by atoms with Crippen molar-refractivity contribution in [1.82, 2.24) is 0 Å². The molecule has 0 bridgehead atoms. The number of halogens is 1. The third-order valence-corrected chi connectivity index (χ3v) is 2.14. The minimum atomic E-state index is 0.223. The highest BCUT2D eigenvalue weighted by atomic mass is 35.5. The Kier molecular flexibility index (Phi) is 3.49. The van der Waals surface area contributed by atoms with Crippen molar-refractivity contribution in [3.05, 3.63) is 28.3 Å². The van der Waals surface area contributed by atoms with Crippen LogP contribution >= 0.6 is 11.6 Å². The Balaban J connectivity index is 3.24. The molecule has 1 aromatic carbocycles. The van der Waals surface area contributed by atoms with Gasteiger partial charge in [-0.1, -0.05) is 11.6 Å². The molecule has 1 aromatic rings. The lowest BCUT2D eigenvalue weighted by atomic mass is 10.1. The fourth-order valence-corrected chi connectivity index (χ4v) is 1.34. The summed E-state index contributed by atoms with van der Waals surface area (Å²) >= 11 is 5.85. The summed E-state index contributed by atoms with van der Waals surface area (Å²) in [7, 11) is 1.47. The Bertz CT molecular complexity index is 396. The van der Waals surface area contributed by atoms with Crippen LogP contribution < -0.4 is 4.74 Å². The number of carbonyl (C=O) groups excluding carboxylic acids is 1. The molecule has 14 heavy (non-hydrogen) atoms. The molecule has 4 heteroatoms. The zero-order chi connectivity index (χ0) is 10.6. The van der Waals surface area contributed by atoms with E-state index in [1.54, 1.807) is 6.07 Å². The zero-order valence-corrected chi connectivity index (χ0v) is 8.34. The van der Waals surface area contributed by atoms with Gasteiger partial charge in [0.2, 0.25) is 0 Å². The summed E-state index contributed by atoms with van der Waals surface area (Å²) in [5.41, 5.74) is 1.03. The fourth-order valence-electron chi connectivity index (χ4n) is 1.10. The van der Waals surface area contributed by atoms with E-state index >= 15 is 0 Å². The van der Waals surface area contributed by atoms with Crippen molar-refractivity contribution in [3.63, 3.8) is 0 Å². The lowest BCUT2D eigenvalue weighted by Crippen LogP contribution is -1.93. The normalized spacial score (nSPS) is 9.21. The Morgan fingerprint density at radius 1 is 1.64 bits per heavy atom. The number of carbonyl (C=O) groups is 1. The average Bonchev–Trinajstić information content (AvgIpc) is 2.20. The topological polar surface area (TPSA) is 50.1 Å². The summed E-state index contributed by atoms with van der Waals surface area (Å²) in [6.07, 6.45) is 0.980. The SMILES string of the molecule is COc1cc(CC=O)c(Cl)cc1C#N. The molecule has 0 saturated heterocycles. The first kappa shape index (κ1) is 10.6. The lowest BCUT2D eigenvalue weighted by molar-refractivity contribution is -0.107. The second kappa shape index (κ2) is 4.64. The molecule has 0 unspecified atom stereocenters. The van der Waals surface area contributed by atoms with Crippen LogP contribution in [0.15, 0.2) is 12.1 Å². The molecule has 0 amide bonds. The number of methoxy groups -OCH3 is 1. The van der Waals surface area contributed by atoms with Crippen LogP contribution in [0.1, 0.15) is 11.1 Å². The minimum Gasteiger partial charge on any atom is -0.495 e. The van der Waals surface area contributed by atoms with Gasteiger partial charge >= 0.3 is 0 Å². The monoisotopic (exact) mass is 209 g/mol. The highest BCUT2D eigenvalue weighted by molar-refractivity contribution is 6.31. The molecule has 0 saturated carbocycles. The number of aldehydes is 1. The van der Waals surface area contributed by atoms with Crippen LogP contribution in [0.4, 0.5) is 0 Å². The van der Waals surface area contributed by atoms with Crippen LogP contribution in [-0.2, 0) is 11.2 Å². The van der Waals surface area contributed by atoms with E-state index in [-0.39, 0.29) is 6.42 Å². The third kappa shape index (κ3) is 2.04. The molecule has 3 nitrogen and oxygen atoms in total. The van der Waals surface area contributed by atoms with Gasteiger partial charge in [-0.2, -0.15) is 5.26 Å². The van der Waals surface area contributed by atoms with Crippen molar-refractivity contribution in [3.8, 4) is 11.8 Å². The largest absolute Gasteiger partial charge is 0.495 e. The van der Waals surface area contributed by atoms with E-state index in [0.29, 0.717) is 21.9 Å². The summed E-state index contributed by atoms with van der Waals surface area (Å²) < 4.78 is 4.98. The summed E-state index contributed by atoms with van der Waals surface area (Å²) in [6, 6.07) is 5.06. The van der Waals surface area contributed by atoms with E-state index < -0.39 is 0 Å². The summed E-state index contributed by atoms with van der Waals surface area (Å²) in [5, 5.41) is 9.15. The second-order valence-corrected chi connectivity index (χ2v) is 3.03. The molecule has 0 radical (unpaired) electrons. The van der Waals surface area contributed by atoms with Crippen molar-refractivity contribution in [2.75, 3.05) is 7.11 Å². The summed E-state index contributed by atoms with van der Waals surface area (Å²) in [4.78, 5) is 10.3. The molecule has 0 aliphatic carbocycles. The van der Waals surface area contributed by atoms with E-state index in [9.17, 15) is 4.79 Å². The Morgan fingerprint density at radius 3 is 2.86 bits per heavy atom. The quantitative estimate of drug-likeness (QED) is 0.715. The summed E-state index contributed by atoms with van der Waals surface area (Å²) in [5.74, 6) is 0.439. The Morgan fingerprint density at radius 2 is 2.36 bits per heavy atom. The second-order valence-electron chi connectivity index (χ2n) is 2.63.